The topological polar surface area (TPSA) is 81.2 Å². The zero-order valence-corrected chi connectivity index (χ0v) is 17.1. The second kappa shape index (κ2) is 9.72. The monoisotopic (exact) mass is 393 g/mol. The highest BCUT2D eigenvalue weighted by atomic mass is 16.4. The highest BCUT2D eigenvalue weighted by molar-refractivity contribution is 5.79. The van der Waals surface area contributed by atoms with Crippen LogP contribution in [0.5, 0.6) is 0 Å². The molecule has 158 valence electrons. The number of hydrogen-bond donors (Lipinski definition) is 1. The van der Waals surface area contributed by atoms with E-state index in [1.165, 1.54) is 0 Å². The number of rotatable bonds is 6. The van der Waals surface area contributed by atoms with Crippen LogP contribution < -0.4 is 0 Å². The fourth-order valence-corrected chi connectivity index (χ4v) is 5.17. The number of carboxylic acid groups (broad SMARTS) is 1. The summed E-state index contributed by atoms with van der Waals surface area (Å²) in [5.74, 6) is 0.294. The lowest BCUT2D eigenvalue weighted by atomic mass is 9.80. The molecule has 0 spiro atoms. The predicted octanol–water partition coefficient (Wildman–Crippen LogP) is 1.67. The molecule has 0 aromatic rings. The van der Waals surface area contributed by atoms with Gasteiger partial charge >= 0.3 is 5.97 Å². The van der Waals surface area contributed by atoms with Crippen molar-refractivity contribution in [2.24, 2.45) is 17.8 Å². The highest BCUT2D eigenvalue weighted by Crippen LogP contribution is 2.33. The molecule has 3 rings (SSSR count). The Balaban J connectivity index is 1.53. The third-order valence-corrected chi connectivity index (χ3v) is 6.98. The molecule has 0 aromatic carbocycles. The average molecular weight is 394 g/mol. The molecular weight excluding hydrogens is 358 g/mol. The number of likely N-dealkylation sites (tertiary alicyclic amines) is 1. The van der Waals surface area contributed by atoms with Crippen LogP contribution in [0.2, 0.25) is 0 Å². The van der Waals surface area contributed by atoms with Crippen LogP contribution in [0.15, 0.2) is 0 Å². The van der Waals surface area contributed by atoms with Crippen molar-refractivity contribution in [2.45, 2.75) is 51.9 Å². The maximum Gasteiger partial charge on any atom is 0.303 e. The lowest BCUT2D eigenvalue weighted by molar-refractivity contribution is -0.141. The Labute approximate surface area is 168 Å². The SMILES string of the molecule is CC(=O)N1CCN(CCC2CN(C(=O)C3CCCC3)CCC2CC(=O)O)CC1. The molecule has 2 amide bonds. The Hall–Kier alpha value is -1.63. The molecule has 28 heavy (non-hydrogen) atoms. The standard InChI is InChI=1S/C21H35N3O4/c1-16(25)23-12-10-22(11-13-23)8-6-19-15-24(9-7-18(19)14-20(26)27)21(28)17-4-2-3-5-17/h17-19H,2-15H2,1H3,(H,26,27). The van der Waals surface area contributed by atoms with Gasteiger partial charge in [0.1, 0.15) is 0 Å². The Bertz CT molecular complexity index is 568. The van der Waals surface area contributed by atoms with Crippen molar-refractivity contribution in [1.29, 1.82) is 0 Å². The second-order valence-electron chi connectivity index (χ2n) is 8.81. The zero-order chi connectivity index (χ0) is 20.1. The van der Waals surface area contributed by atoms with E-state index in [-0.39, 0.29) is 30.1 Å². The van der Waals surface area contributed by atoms with Crippen LogP contribution in [0.25, 0.3) is 0 Å². The fraction of sp³-hybridized carbons (Fsp3) is 0.857. The summed E-state index contributed by atoms with van der Waals surface area (Å²) < 4.78 is 0. The van der Waals surface area contributed by atoms with Crippen LogP contribution in [0.1, 0.15) is 51.9 Å². The molecule has 1 aliphatic carbocycles. The number of carboxylic acids is 1. The molecule has 0 bridgehead atoms. The molecule has 0 radical (unpaired) electrons. The van der Waals surface area contributed by atoms with Crippen LogP contribution >= 0.6 is 0 Å². The number of nitrogens with zero attached hydrogens (tertiary/aromatic N) is 3. The molecule has 2 saturated heterocycles. The quantitative estimate of drug-likeness (QED) is 0.742. The first kappa shape index (κ1) is 21.1. The summed E-state index contributed by atoms with van der Waals surface area (Å²) in [6.07, 6.45) is 6.26. The molecule has 2 heterocycles. The maximum absolute atomic E-state index is 12.8. The van der Waals surface area contributed by atoms with Gasteiger partial charge in [-0.3, -0.25) is 19.3 Å². The number of hydrogen-bond acceptors (Lipinski definition) is 4. The summed E-state index contributed by atoms with van der Waals surface area (Å²) in [7, 11) is 0. The molecule has 0 aromatic heterocycles. The van der Waals surface area contributed by atoms with E-state index in [2.05, 4.69) is 4.90 Å². The van der Waals surface area contributed by atoms with Gasteiger partial charge in [0.2, 0.25) is 11.8 Å². The summed E-state index contributed by atoms with van der Waals surface area (Å²) in [5, 5.41) is 9.30. The predicted molar refractivity (Wildman–Crippen MR) is 106 cm³/mol. The number of amides is 2. The van der Waals surface area contributed by atoms with Gasteiger partial charge in [0.25, 0.3) is 0 Å². The molecule has 1 N–H and O–H groups in total. The van der Waals surface area contributed by atoms with E-state index >= 15 is 0 Å². The molecule has 2 unspecified atom stereocenters. The minimum absolute atomic E-state index is 0.134. The van der Waals surface area contributed by atoms with Crippen molar-refractivity contribution in [3.05, 3.63) is 0 Å². The molecule has 2 atom stereocenters. The fourth-order valence-electron chi connectivity index (χ4n) is 5.17. The van der Waals surface area contributed by atoms with E-state index < -0.39 is 5.97 Å². The van der Waals surface area contributed by atoms with E-state index in [0.29, 0.717) is 19.0 Å². The number of aliphatic carboxylic acids is 1. The van der Waals surface area contributed by atoms with Crippen molar-refractivity contribution in [2.75, 3.05) is 45.8 Å². The molecule has 7 heteroatoms. The van der Waals surface area contributed by atoms with Crippen LogP contribution in [0, 0.1) is 17.8 Å². The van der Waals surface area contributed by atoms with Crippen molar-refractivity contribution in [1.82, 2.24) is 14.7 Å². The Morgan fingerprint density at radius 2 is 1.57 bits per heavy atom. The summed E-state index contributed by atoms with van der Waals surface area (Å²) >= 11 is 0. The van der Waals surface area contributed by atoms with E-state index in [9.17, 15) is 19.5 Å². The van der Waals surface area contributed by atoms with Gasteiger partial charge < -0.3 is 14.9 Å². The largest absolute Gasteiger partial charge is 0.481 e. The lowest BCUT2D eigenvalue weighted by Crippen LogP contribution is -2.50. The van der Waals surface area contributed by atoms with Crippen molar-refractivity contribution in [3.63, 3.8) is 0 Å². The zero-order valence-electron chi connectivity index (χ0n) is 17.1. The molecule has 2 aliphatic heterocycles. The summed E-state index contributed by atoms with van der Waals surface area (Å²) in [6, 6.07) is 0. The van der Waals surface area contributed by atoms with E-state index in [1.54, 1.807) is 6.92 Å². The van der Waals surface area contributed by atoms with Gasteiger partial charge in [-0.15, -0.1) is 0 Å². The molecular formula is C21H35N3O4. The van der Waals surface area contributed by atoms with E-state index in [4.69, 9.17) is 0 Å². The number of carbonyl (C=O) groups is 3. The Morgan fingerprint density at radius 1 is 0.893 bits per heavy atom. The number of piperidine rings is 1. The Kier molecular flexibility index (Phi) is 7.32. The van der Waals surface area contributed by atoms with Crippen molar-refractivity contribution < 1.29 is 19.5 Å². The first-order chi connectivity index (χ1) is 13.4. The molecule has 1 saturated carbocycles. The van der Waals surface area contributed by atoms with Crippen LogP contribution in [-0.4, -0.2) is 83.4 Å². The summed E-state index contributed by atoms with van der Waals surface area (Å²) in [6.45, 7) is 7.24. The minimum atomic E-state index is -0.736. The minimum Gasteiger partial charge on any atom is -0.481 e. The van der Waals surface area contributed by atoms with Crippen molar-refractivity contribution in [3.8, 4) is 0 Å². The van der Waals surface area contributed by atoms with Crippen LogP contribution in [-0.2, 0) is 14.4 Å². The molecule has 7 nitrogen and oxygen atoms in total. The third-order valence-electron chi connectivity index (χ3n) is 6.98. The van der Waals surface area contributed by atoms with Gasteiger partial charge in [-0.2, -0.15) is 0 Å². The maximum atomic E-state index is 12.8. The smallest absolute Gasteiger partial charge is 0.303 e. The van der Waals surface area contributed by atoms with Crippen LogP contribution in [0.3, 0.4) is 0 Å². The van der Waals surface area contributed by atoms with Gasteiger partial charge in [-0.1, -0.05) is 12.8 Å². The average Bonchev–Trinajstić information content (AvgIpc) is 3.21. The van der Waals surface area contributed by atoms with E-state index in [0.717, 1.165) is 71.2 Å². The normalized spacial score (nSPS) is 27.2. The summed E-state index contributed by atoms with van der Waals surface area (Å²) in [5.41, 5.74) is 0. The molecule has 3 fully saturated rings. The van der Waals surface area contributed by atoms with Gasteiger partial charge in [0, 0.05) is 58.5 Å². The highest BCUT2D eigenvalue weighted by Gasteiger charge is 2.35. The second-order valence-corrected chi connectivity index (χ2v) is 8.81. The van der Waals surface area contributed by atoms with E-state index in [1.807, 2.05) is 9.80 Å². The first-order valence-electron chi connectivity index (χ1n) is 10.9. The van der Waals surface area contributed by atoms with Gasteiger partial charge in [0.15, 0.2) is 0 Å². The third kappa shape index (κ3) is 5.46. The summed E-state index contributed by atoms with van der Waals surface area (Å²) in [4.78, 5) is 41.9. The van der Waals surface area contributed by atoms with Gasteiger partial charge in [-0.05, 0) is 44.1 Å². The van der Waals surface area contributed by atoms with Crippen molar-refractivity contribution >= 4 is 17.8 Å². The lowest BCUT2D eigenvalue weighted by Gasteiger charge is -2.41. The number of piperazine rings is 1. The van der Waals surface area contributed by atoms with Crippen LogP contribution in [0.4, 0.5) is 0 Å². The molecule has 3 aliphatic rings. The first-order valence-corrected chi connectivity index (χ1v) is 10.9. The van der Waals surface area contributed by atoms with Gasteiger partial charge in [-0.25, -0.2) is 0 Å². The Morgan fingerprint density at radius 3 is 2.18 bits per heavy atom. The number of carbonyl (C=O) groups excluding carboxylic acids is 2. The van der Waals surface area contributed by atoms with Gasteiger partial charge in [0.05, 0.1) is 0 Å².